The summed E-state index contributed by atoms with van der Waals surface area (Å²) >= 11 is 5.13. The number of carbonyl (C=O) groups excluding carboxylic acids is 1. The van der Waals surface area contributed by atoms with Crippen LogP contribution in [0, 0.1) is 0 Å². The first-order chi connectivity index (χ1) is 5.96. The first-order valence-electron chi connectivity index (χ1n) is 2.77. The predicted octanol–water partition coefficient (Wildman–Crippen LogP) is 2.31. The zero-order valence-corrected chi connectivity index (χ0v) is 6.48. The van der Waals surface area contributed by atoms with Gasteiger partial charge in [-0.3, -0.25) is 0 Å². The highest BCUT2D eigenvalue weighted by Gasteiger charge is 2.39. The fourth-order valence-electron chi connectivity index (χ4n) is 0.594. The lowest BCUT2D eigenvalue weighted by Crippen LogP contribution is -2.05. The zero-order chi connectivity index (χ0) is 10.1. The fourth-order valence-corrected chi connectivity index (χ4v) is 0.760. The van der Waals surface area contributed by atoms with Crippen LogP contribution in [-0.2, 0) is 11.0 Å². The first kappa shape index (κ1) is 9.76. The Bertz CT molecular complexity index is 366. The van der Waals surface area contributed by atoms with Gasteiger partial charge in [0, 0.05) is 0 Å². The summed E-state index contributed by atoms with van der Waals surface area (Å²) in [5, 5.41) is 1.90. The molecular formula is C5ClF3N2O2. The summed E-state index contributed by atoms with van der Waals surface area (Å²) in [5.41, 5.74) is -2.30. The van der Waals surface area contributed by atoms with Crippen molar-refractivity contribution in [2.24, 2.45) is 4.99 Å². The van der Waals surface area contributed by atoms with E-state index in [1.165, 1.54) is 0 Å². The molecule has 8 heteroatoms. The lowest BCUT2D eigenvalue weighted by molar-refractivity contribution is -0.142. The van der Waals surface area contributed by atoms with Crippen LogP contribution >= 0.6 is 11.6 Å². The molecule has 0 aliphatic carbocycles. The molecule has 1 rings (SSSR count). The number of hydrogen-bond acceptors (Lipinski definition) is 4. The molecule has 0 aliphatic rings. The van der Waals surface area contributed by atoms with Gasteiger partial charge in [0.2, 0.25) is 11.8 Å². The molecule has 1 aromatic rings. The molecule has 4 nitrogen and oxygen atoms in total. The summed E-state index contributed by atoms with van der Waals surface area (Å²) in [4.78, 5) is 12.4. The second-order valence-corrected chi connectivity index (χ2v) is 2.20. The number of hydrogen-bond donors (Lipinski definition) is 0. The van der Waals surface area contributed by atoms with Crippen LogP contribution in [0.25, 0.3) is 0 Å². The Balaban J connectivity index is 3.30. The molecule has 0 saturated heterocycles. The average molecular weight is 213 g/mol. The first-order valence-corrected chi connectivity index (χ1v) is 3.15. The predicted molar refractivity (Wildman–Crippen MR) is 34.3 cm³/mol. The van der Waals surface area contributed by atoms with Gasteiger partial charge in [0.15, 0.2) is 5.69 Å². The Morgan fingerprint density at radius 2 is 2.15 bits per heavy atom. The highest BCUT2D eigenvalue weighted by molar-refractivity contribution is 6.31. The SMILES string of the molecule is O=C=Nc1c(C(F)(F)F)noc1Cl. The minimum absolute atomic E-state index is 0.698. The van der Waals surface area contributed by atoms with Crippen LogP contribution in [-0.4, -0.2) is 11.2 Å². The summed E-state index contributed by atoms with van der Waals surface area (Å²) < 4.78 is 40.0. The van der Waals surface area contributed by atoms with Crippen molar-refractivity contribution in [2.45, 2.75) is 6.18 Å². The second-order valence-electron chi connectivity index (χ2n) is 1.85. The van der Waals surface area contributed by atoms with Gasteiger partial charge < -0.3 is 4.52 Å². The summed E-state index contributed by atoms with van der Waals surface area (Å²) in [6.07, 6.45) is -3.84. The molecule has 0 N–H and O–H groups in total. The molecule has 1 aromatic heterocycles. The van der Waals surface area contributed by atoms with E-state index in [-0.39, 0.29) is 0 Å². The zero-order valence-electron chi connectivity index (χ0n) is 5.72. The van der Waals surface area contributed by atoms with Crippen molar-refractivity contribution in [1.29, 1.82) is 0 Å². The van der Waals surface area contributed by atoms with E-state index in [0.717, 1.165) is 6.08 Å². The third-order valence-electron chi connectivity index (χ3n) is 1.05. The standard InChI is InChI=1S/C5ClF3N2O2/c6-4-2(10-1-12)3(11-13-4)5(7,8)9. The van der Waals surface area contributed by atoms with Crippen LogP contribution in [0.1, 0.15) is 5.69 Å². The number of nitrogens with zero attached hydrogens (tertiary/aromatic N) is 2. The van der Waals surface area contributed by atoms with Crippen molar-refractivity contribution in [3.8, 4) is 0 Å². The molecule has 0 saturated carbocycles. The minimum Gasteiger partial charge on any atom is -0.341 e. The van der Waals surface area contributed by atoms with Crippen molar-refractivity contribution in [2.75, 3.05) is 0 Å². The Labute approximate surface area is 74.0 Å². The molecule has 0 aromatic carbocycles. The quantitative estimate of drug-likeness (QED) is 0.530. The third-order valence-corrected chi connectivity index (χ3v) is 1.30. The molecule has 0 bridgehead atoms. The maximum Gasteiger partial charge on any atom is 0.439 e. The van der Waals surface area contributed by atoms with Crippen LogP contribution in [0.3, 0.4) is 0 Å². The van der Waals surface area contributed by atoms with E-state index in [4.69, 9.17) is 11.6 Å². The van der Waals surface area contributed by atoms with E-state index in [1.807, 2.05) is 0 Å². The molecule has 0 unspecified atom stereocenters. The van der Waals surface area contributed by atoms with Gasteiger partial charge in [0.05, 0.1) is 0 Å². The van der Waals surface area contributed by atoms with Gasteiger partial charge in [-0.1, -0.05) is 5.16 Å². The number of alkyl halides is 3. The van der Waals surface area contributed by atoms with E-state index in [1.54, 1.807) is 0 Å². The van der Waals surface area contributed by atoms with Crippen molar-refractivity contribution in [1.82, 2.24) is 5.16 Å². The largest absolute Gasteiger partial charge is 0.439 e. The van der Waals surface area contributed by atoms with E-state index in [2.05, 4.69) is 14.7 Å². The van der Waals surface area contributed by atoms with E-state index >= 15 is 0 Å². The lowest BCUT2D eigenvalue weighted by atomic mass is 10.4. The van der Waals surface area contributed by atoms with Gasteiger partial charge in [-0.2, -0.15) is 18.2 Å². The molecule has 0 spiro atoms. The van der Waals surface area contributed by atoms with Gasteiger partial charge >= 0.3 is 6.18 Å². The minimum atomic E-state index is -4.76. The normalized spacial score (nSPS) is 11.1. The van der Waals surface area contributed by atoms with E-state index < -0.39 is 22.8 Å². The number of rotatable bonds is 1. The van der Waals surface area contributed by atoms with E-state index in [9.17, 15) is 18.0 Å². The van der Waals surface area contributed by atoms with Crippen LogP contribution in [0.4, 0.5) is 18.9 Å². The molecule has 0 fully saturated rings. The molecule has 0 amide bonds. The molecular weight excluding hydrogens is 213 g/mol. The fraction of sp³-hybridized carbons (Fsp3) is 0.200. The molecule has 13 heavy (non-hydrogen) atoms. The highest BCUT2D eigenvalue weighted by atomic mass is 35.5. The van der Waals surface area contributed by atoms with Crippen LogP contribution in [0.2, 0.25) is 5.22 Å². The van der Waals surface area contributed by atoms with Gasteiger partial charge in [0.25, 0.3) is 5.22 Å². The van der Waals surface area contributed by atoms with Crippen molar-refractivity contribution >= 4 is 23.4 Å². The lowest BCUT2D eigenvalue weighted by Gasteiger charge is -1.99. The number of isocyanates is 1. The Hall–Kier alpha value is -1.33. The summed E-state index contributed by atoms with van der Waals surface area (Å²) in [6.45, 7) is 0. The summed E-state index contributed by atoms with van der Waals surface area (Å²) in [7, 11) is 0. The molecule has 0 radical (unpaired) electrons. The smallest absolute Gasteiger partial charge is 0.341 e. The summed E-state index contributed by atoms with van der Waals surface area (Å²) in [6, 6.07) is 0. The maximum absolute atomic E-state index is 12.0. The van der Waals surface area contributed by atoms with Gasteiger partial charge in [-0.15, -0.1) is 0 Å². The Kier molecular flexibility index (Phi) is 2.40. The van der Waals surface area contributed by atoms with Crippen LogP contribution < -0.4 is 0 Å². The van der Waals surface area contributed by atoms with Gasteiger partial charge in [0.1, 0.15) is 0 Å². The number of aliphatic imine (C=N–C) groups is 1. The average Bonchev–Trinajstić information content (AvgIpc) is 2.32. The number of halogens is 4. The van der Waals surface area contributed by atoms with Crippen molar-refractivity contribution in [3.05, 3.63) is 10.9 Å². The second kappa shape index (κ2) is 3.20. The van der Waals surface area contributed by atoms with Gasteiger partial charge in [-0.25, -0.2) is 4.79 Å². The van der Waals surface area contributed by atoms with Crippen molar-refractivity contribution in [3.63, 3.8) is 0 Å². The Morgan fingerprint density at radius 1 is 1.54 bits per heavy atom. The molecule has 0 atom stereocenters. The van der Waals surface area contributed by atoms with Gasteiger partial charge in [-0.05, 0) is 11.6 Å². The maximum atomic E-state index is 12.0. The topological polar surface area (TPSA) is 55.5 Å². The molecule has 70 valence electrons. The van der Waals surface area contributed by atoms with Crippen molar-refractivity contribution < 1.29 is 22.5 Å². The molecule has 1 heterocycles. The highest BCUT2D eigenvalue weighted by Crippen LogP contribution is 2.39. The van der Waals surface area contributed by atoms with Crippen LogP contribution in [0.5, 0.6) is 0 Å². The Morgan fingerprint density at radius 3 is 2.62 bits per heavy atom. The molecule has 0 aliphatic heterocycles. The van der Waals surface area contributed by atoms with Crippen LogP contribution in [0.15, 0.2) is 9.52 Å². The third kappa shape index (κ3) is 1.88. The number of aromatic nitrogens is 1. The van der Waals surface area contributed by atoms with E-state index in [0.29, 0.717) is 0 Å². The summed E-state index contributed by atoms with van der Waals surface area (Å²) in [5.74, 6) is 0. The monoisotopic (exact) mass is 212 g/mol.